The highest BCUT2D eigenvalue weighted by Crippen LogP contribution is 2.18. The summed E-state index contributed by atoms with van der Waals surface area (Å²) in [6.45, 7) is 15.3. The fourth-order valence-corrected chi connectivity index (χ4v) is 7.52. The number of carbonyl (C=O) groups is 3. The summed E-state index contributed by atoms with van der Waals surface area (Å²) < 4.78 is 19.4. The van der Waals surface area contributed by atoms with Gasteiger partial charge in [0.1, 0.15) is 30.5 Å². The Morgan fingerprint density at radius 2 is 0.985 bits per heavy atom. The molecule has 0 unspecified atom stereocenters. The molecule has 16 heteroatoms. The Balaban J connectivity index is 1.50. The average molecular weight is 913 g/mol. The van der Waals surface area contributed by atoms with Crippen molar-refractivity contribution in [2.75, 3.05) is 66.0 Å². The maximum absolute atomic E-state index is 14.2. The van der Waals surface area contributed by atoms with Crippen molar-refractivity contribution in [1.82, 2.24) is 29.1 Å². The third kappa shape index (κ3) is 17.2. The van der Waals surface area contributed by atoms with Crippen LogP contribution in [0.25, 0.3) is 0 Å². The molecule has 5 rings (SSSR count). The minimum Gasteiger partial charge on any atom is -0.469 e. The fraction of sp³-hybridized carbons (Fsp3) is 0.500. The van der Waals surface area contributed by atoms with E-state index in [1.54, 1.807) is 12.1 Å². The van der Waals surface area contributed by atoms with E-state index in [-0.39, 0.29) is 49.7 Å². The van der Waals surface area contributed by atoms with Crippen LogP contribution in [0.3, 0.4) is 0 Å². The Hall–Kier alpha value is -5.81. The number of esters is 3. The molecule has 1 aliphatic rings. The third-order valence-corrected chi connectivity index (χ3v) is 10.8. The van der Waals surface area contributed by atoms with E-state index < -0.39 is 29.2 Å². The Bertz CT molecular complexity index is 2150. The summed E-state index contributed by atoms with van der Waals surface area (Å²) in [5.74, 6) is -1.26. The lowest BCUT2D eigenvalue weighted by Gasteiger charge is -2.37. The first-order valence-corrected chi connectivity index (χ1v) is 22.7. The number of pyridine rings is 2. The van der Waals surface area contributed by atoms with Crippen molar-refractivity contribution < 1.29 is 38.3 Å². The number of hydrogen-bond acceptors (Lipinski definition) is 14. The maximum Gasteiger partial charge on any atom is 0.323 e. The van der Waals surface area contributed by atoms with Crippen molar-refractivity contribution in [2.24, 2.45) is 0 Å². The van der Waals surface area contributed by atoms with Crippen LogP contribution in [0.2, 0.25) is 0 Å². The van der Waals surface area contributed by atoms with Gasteiger partial charge in [0, 0.05) is 84.0 Å². The van der Waals surface area contributed by atoms with Crippen molar-refractivity contribution in [3.05, 3.63) is 140 Å². The minimum absolute atomic E-state index is 0.00590. The van der Waals surface area contributed by atoms with E-state index >= 15 is 0 Å². The van der Waals surface area contributed by atoms with E-state index in [0.29, 0.717) is 76.8 Å². The lowest BCUT2D eigenvalue weighted by Crippen LogP contribution is -2.52. The van der Waals surface area contributed by atoms with E-state index in [4.69, 9.17) is 23.9 Å². The Kier molecular flexibility index (Phi) is 19.1. The zero-order valence-electron chi connectivity index (χ0n) is 39.7. The number of hydrogen-bond donors (Lipinski definition) is 0. The number of benzene rings is 2. The van der Waals surface area contributed by atoms with E-state index in [1.165, 1.54) is 28.7 Å². The molecule has 4 aromatic rings. The first-order chi connectivity index (χ1) is 31.5. The fourth-order valence-electron chi connectivity index (χ4n) is 7.52. The van der Waals surface area contributed by atoms with Gasteiger partial charge in [-0.05, 0) is 71.2 Å². The molecular weight excluding hydrogens is 845 g/mol. The van der Waals surface area contributed by atoms with Crippen molar-refractivity contribution in [1.29, 1.82) is 0 Å². The number of carbonyl (C=O) groups excluding carboxylic acids is 3. The normalized spacial score (nSPS) is 15.7. The van der Waals surface area contributed by atoms with Crippen LogP contribution in [-0.2, 0) is 54.9 Å². The molecule has 0 amide bonds. The summed E-state index contributed by atoms with van der Waals surface area (Å²) >= 11 is 0. The molecular formula is C50H68N6O10. The second-order valence-corrected chi connectivity index (χ2v) is 18.4. The van der Waals surface area contributed by atoms with Gasteiger partial charge in [-0.15, -0.1) is 9.46 Å². The lowest BCUT2D eigenvalue weighted by atomic mass is 10.1. The monoisotopic (exact) mass is 912 g/mol. The molecule has 3 heterocycles. The molecule has 0 spiro atoms. The van der Waals surface area contributed by atoms with Gasteiger partial charge in [-0.3, -0.25) is 43.6 Å². The lowest BCUT2D eigenvalue weighted by molar-refractivity contribution is -0.162. The molecule has 66 heavy (non-hydrogen) atoms. The summed E-state index contributed by atoms with van der Waals surface area (Å²) in [6.07, 6.45) is 0.149. The molecule has 0 N–H and O–H groups in total. The van der Waals surface area contributed by atoms with Gasteiger partial charge in [-0.2, -0.15) is 0 Å². The second-order valence-electron chi connectivity index (χ2n) is 18.4. The molecule has 2 aromatic carbocycles. The maximum atomic E-state index is 14.2. The second kappa shape index (κ2) is 24.6. The highest BCUT2D eigenvalue weighted by molar-refractivity contribution is 5.77. The molecule has 0 radical (unpaired) electrons. The van der Waals surface area contributed by atoms with Gasteiger partial charge in [-0.1, -0.05) is 72.8 Å². The van der Waals surface area contributed by atoms with Crippen LogP contribution >= 0.6 is 0 Å². The van der Waals surface area contributed by atoms with Crippen molar-refractivity contribution in [2.45, 2.75) is 97.9 Å². The highest BCUT2D eigenvalue weighted by Gasteiger charge is 2.32. The minimum atomic E-state index is -0.813. The summed E-state index contributed by atoms with van der Waals surface area (Å²) in [5.41, 5.74) is 0.959. The molecule has 0 aliphatic carbocycles. The molecule has 0 saturated carbocycles. The third-order valence-electron chi connectivity index (χ3n) is 10.8. The Labute approximate surface area is 388 Å². The van der Waals surface area contributed by atoms with Crippen molar-refractivity contribution >= 4 is 17.9 Å². The molecule has 1 aliphatic heterocycles. The van der Waals surface area contributed by atoms with Gasteiger partial charge in [0.2, 0.25) is 0 Å². The zero-order chi connectivity index (χ0) is 47.7. The number of methoxy groups -OCH3 is 1. The molecule has 1 atom stereocenters. The van der Waals surface area contributed by atoms with E-state index in [0.717, 1.165) is 11.1 Å². The number of nitrogens with zero attached hydrogens (tertiary/aromatic N) is 6. The van der Waals surface area contributed by atoms with Crippen molar-refractivity contribution in [3.63, 3.8) is 0 Å². The van der Waals surface area contributed by atoms with Gasteiger partial charge in [-0.25, -0.2) is 0 Å². The van der Waals surface area contributed by atoms with Gasteiger partial charge in [0.15, 0.2) is 0 Å². The Morgan fingerprint density at radius 1 is 0.545 bits per heavy atom. The highest BCUT2D eigenvalue weighted by atomic mass is 16.7. The number of rotatable bonds is 17. The summed E-state index contributed by atoms with van der Waals surface area (Å²) in [7, 11) is 1.32. The van der Waals surface area contributed by atoms with E-state index in [9.17, 15) is 24.0 Å². The largest absolute Gasteiger partial charge is 0.469 e. The molecule has 358 valence electrons. The smallest absolute Gasteiger partial charge is 0.323 e. The molecule has 1 saturated heterocycles. The Morgan fingerprint density at radius 3 is 1.42 bits per heavy atom. The molecule has 16 nitrogen and oxygen atoms in total. The zero-order valence-corrected chi connectivity index (χ0v) is 39.7. The molecule has 0 bridgehead atoms. The van der Waals surface area contributed by atoms with E-state index in [2.05, 4.69) is 14.7 Å². The topological polar surface area (TPSA) is 154 Å². The average Bonchev–Trinajstić information content (AvgIpc) is 3.25. The van der Waals surface area contributed by atoms with Crippen LogP contribution in [0.5, 0.6) is 0 Å². The van der Waals surface area contributed by atoms with Crippen LogP contribution < -0.4 is 20.8 Å². The van der Waals surface area contributed by atoms with Gasteiger partial charge in [0.05, 0.1) is 25.0 Å². The van der Waals surface area contributed by atoms with Gasteiger partial charge >= 0.3 is 17.9 Å². The summed E-state index contributed by atoms with van der Waals surface area (Å²) in [5, 5.41) is 0. The predicted molar refractivity (Wildman–Crippen MR) is 250 cm³/mol. The summed E-state index contributed by atoms with van der Waals surface area (Å²) in [6, 6.07) is 28.4. The quantitative estimate of drug-likeness (QED) is 0.110. The van der Waals surface area contributed by atoms with Crippen LogP contribution in [0, 0.1) is 0 Å². The molecule has 2 aromatic heterocycles. The van der Waals surface area contributed by atoms with Crippen LogP contribution in [0.1, 0.15) is 76.9 Å². The first-order valence-electron chi connectivity index (χ1n) is 22.7. The van der Waals surface area contributed by atoms with Gasteiger partial charge < -0.3 is 23.9 Å². The van der Waals surface area contributed by atoms with Gasteiger partial charge in [0.25, 0.3) is 11.1 Å². The van der Waals surface area contributed by atoms with Crippen molar-refractivity contribution in [3.8, 4) is 0 Å². The van der Waals surface area contributed by atoms with E-state index in [1.807, 2.05) is 119 Å². The van der Waals surface area contributed by atoms with Crippen LogP contribution in [0.4, 0.5) is 0 Å². The predicted octanol–water partition coefficient (Wildman–Crippen LogP) is 4.19. The SMILES string of the molecule is COC(=O)CC[C@@H](C(=O)OC(C)(C)C)N1CCN(Cc2cccc(=O)n2OCc2ccccc2)CCN(CC(=O)OC(C)(C)C)CCN(Cc2cccc(=O)n2OCc2ccccc2)CC1. The first kappa shape index (κ1) is 51.2. The summed E-state index contributed by atoms with van der Waals surface area (Å²) in [4.78, 5) is 87.5. The molecule has 1 fully saturated rings. The van der Waals surface area contributed by atoms with Crippen LogP contribution in [-0.4, -0.2) is 130 Å². The number of ether oxygens (including phenoxy) is 3. The standard InChI is InChI=1S/C50H68N6O10/c1-49(2,3)65-47(60)36-53-28-26-51(34-41-20-14-22-44(57)55(41)63-37-39-16-10-8-11-17-39)30-32-54(43(24-25-46(59)62-7)48(61)66-50(4,5)6)33-31-52(27-29-53)35-42-21-15-23-45(58)56(42)64-38-40-18-12-9-13-19-40/h8-23,43H,24-38H2,1-7H3/t43-/m0/s1. The number of aromatic nitrogens is 2. The van der Waals surface area contributed by atoms with Crippen LogP contribution in [0.15, 0.2) is 107 Å².